The lowest BCUT2D eigenvalue weighted by Crippen LogP contribution is -2.33. The number of halogens is 1. The fourth-order valence-corrected chi connectivity index (χ4v) is 5.64. The van der Waals surface area contributed by atoms with Crippen LogP contribution >= 0.6 is 23.4 Å². The predicted octanol–water partition coefficient (Wildman–Crippen LogP) is 5.79. The number of benzene rings is 2. The first-order chi connectivity index (χ1) is 16.2. The molecule has 3 heterocycles. The van der Waals surface area contributed by atoms with Crippen LogP contribution < -0.4 is 4.90 Å². The second-order valence-corrected chi connectivity index (χ2v) is 9.85. The topological polar surface area (TPSA) is 48.1 Å². The van der Waals surface area contributed by atoms with Crippen LogP contribution in [-0.2, 0) is 18.7 Å². The van der Waals surface area contributed by atoms with Crippen LogP contribution in [0.3, 0.4) is 0 Å². The van der Waals surface area contributed by atoms with Crippen molar-refractivity contribution in [2.45, 2.75) is 30.3 Å². The second kappa shape index (κ2) is 10.2. The van der Waals surface area contributed by atoms with Gasteiger partial charge < -0.3 is 9.88 Å². The first-order valence-electron chi connectivity index (χ1n) is 11.4. The Labute approximate surface area is 204 Å². The Morgan fingerprint density at radius 2 is 1.91 bits per heavy atom. The van der Waals surface area contributed by atoms with Gasteiger partial charge in [-0.25, -0.2) is 4.98 Å². The van der Waals surface area contributed by atoms with Crippen LogP contribution in [0.15, 0.2) is 66.0 Å². The number of hydrogen-bond acceptors (Lipinski definition) is 5. The van der Waals surface area contributed by atoms with Crippen LogP contribution in [0.5, 0.6) is 0 Å². The maximum Gasteiger partial charge on any atom is 0.166 e. The quantitative estimate of drug-likeness (QED) is 0.325. The molecule has 2 aromatic carbocycles. The molecule has 5 nitrogen and oxygen atoms in total. The maximum atomic E-state index is 6.77. The van der Waals surface area contributed by atoms with Gasteiger partial charge in [-0.05, 0) is 42.2 Å². The number of aromatic nitrogens is 3. The molecular weight excluding hydrogens is 450 g/mol. The number of rotatable bonds is 8. The van der Waals surface area contributed by atoms with Crippen LogP contribution in [0.2, 0.25) is 5.02 Å². The zero-order valence-corrected chi connectivity index (χ0v) is 20.4. The van der Waals surface area contributed by atoms with E-state index in [1.54, 1.807) is 11.8 Å². The summed E-state index contributed by atoms with van der Waals surface area (Å²) < 4.78 is 0. The molecule has 0 bridgehead atoms. The van der Waals surface area contributed by atoms with Crippen LogP contribution in [-0.4, -0.2) is 46.5 Å². The van der Waals surface area contributed by atoms with Crippen LogP contribution in [0.25, 0.3) is 11.0 Å². The molecule has 0 unspecified atom stereocenters. The fourth-order valence-electron chi connectivity index (χ4n) is 4.40. The first-order valence-corrected chi connectivity index (χ1v) is 12.7. The van der Waals surface area contributed by atoms with Crippen molar-refractivity contribution in [2.24, 2.45) is 0 Å². The number of pyridine rings is 1. The van der Waals surface area contributed by atoms with Gasteiger partial charge in [-0.3, -0.25) is 9.88 Å². The number of nitrogens with one attached hydrogen (secondary N) is 1. The number of para-hydroxylation sites is 2. The zero-order chi connectivity index (χ0) is 22.6. The predicted molar refractivity (Wildman–Crippen MR) is 138 cm³/mol. The van der Waals surface area contributed by atoms with Gasteiger partial charge in [-0.15, -0.1) is 0 Å². The Bertz CT molecular complexity index is 1210. The Morgan fingerprint density at radius 1 is 1.09 bits per heavy atom. The SMILES string of the molecule is CN(CCCN1CCc2ccccc2C1)c1ccnc(CSc2nc3ccccc3[nH]2)c1Cl. The van der Waals surface area contributed by atoms with E-state index in [0.29, 0.717) is 5.75 Å². The number of thioether (sulfide) groups is 1. The first kappa shape index (κ1) is 22.3. The van der Waals surface area contributed by atoms with Gasteiger partial charge >= 0.3 is 0 Å². The van der Waals surface area contributed by atoms with Crippen LogP contribution in [0.1, 0.15) is 23.2 Å². The Balaban J connectivity index is 1.16. The van der Waals surface area contributed by atoms with Gasteiger partial charge in [0.2, 0.25) is 0 Å². The highest BCUT2D eigenvalue weighted by Gasteiger charge is 2.16. The minimum absolute atomic E-state index is 0.674. The number of H-pyrrole nitrogens is 1. The number of imidazole rings is 1. The highest BCUT2D eigenvalue weighted by molar-refractivity contribution is 7.98. The third kappa shape index (κ3) is 5.18. The van der Waals surface area contributed by atoms with Gasteiger partial charge in [0.1, 0.15) is 0 Å². The van der Waals surface area contributed by atoms with Crippen molar-refractivity contribution in [3.63, 3.8) is 0 Å². The monoisotopic (exact) mass is 477 g/mol. The van der Waals surface area contributed by atoms with Crippen molar-refractivity contribution in [2.75, 3.05) is 31.6 Å². The van der Waals surface area contributed by atoms with Crippen molar-refractivity contribution in [3.8, 4) is 0 Å². The largest absolute Gasteiger partial charge is 0.373 e. The van der Waals surface area contributed by atoms with Gasteiger partial charge in [-0.1, -0.05) is 59.8 Å². The number of anilines is 1. The molecule has 1 aliphatic heterocycles. The van der Waals surface area contributed by atoms with Crippen LogP contribution in [0, 0.1) is 0 Å². The summed E-state index contributed by atoms with van der Waals surface area (Å²) in [6, 6.07) is 18.9. The molecule has 33 heavy (non-hydrogen) atoms. The minimum atomic E-state index is 0.674. The summed E-state index contributed by atoms with van der Waals surface area (Å²) in [5.74, 6) is 0.674. The summed E-state index contributed by atoms with van der Waals surface area (Å²) >= 11 is 8.40. The Hall–Kier alpha value is -2.54. The van der Waals surface area contributed by atoms with E-state index in [-0.39, 0.29) is 0 Å². The van der Waals surface area contributed by atoms with E-state index >= 15 is 0 Å². The van der Waals surface area contributed by atoms with Crippen molar-refractivity contribution >= 4 is 40.1 Å². The highest BCUT2D eigenvalue weighted by atomic mass is 35.5. The average molecular weight is 478 g/mol. The smallest absolute Gasteiger partial charge is 0.166 e. The van der Waals surface area contributed by atoms with E-state index in [0.717, 1.165) is 71.6 Å². The molecule has 0 aliphatic carbocycles. The lowest BCUT2D eigenvalue weighted by molar-refractivity contribution is 0.252. The standard InChI is InChI=1S/C26H28ClN5S/c1-31(14-6-15-32-16-12-19-7-2-3-8-20(19)17-32)24-11-13-28-23(25(24)27)18-33-26-29-21-9-4-5-10-22(21)30-26/h2-5,7-11,13H,6,12,14-18H2,1H3,(H,29,30). The fraction of sp³-hybridized carbons (Fsp3) is 0.308. The molecule has 2 aromatic heterocycles. The third-order valence-electron chi connectivity index (χ3n) is 6.24. The molecule has 0 saturated heterocycles. The molecule has 0 spiro atoms. The summed E-state index contributed by atoms with van der Waals surface area (Å²) in [7, 11) is 2.11. The lowest BCUT2D eigenvalue weighted by atomic mass is 10.00. The van der Waals surface area contributed by atoms with Crippen molar-refractivity contribution in [3.05, 3.63) is 82.6 Å². The molecule has 4 aromatic rings. The molecule has 170 valence electrons. The molecule has 0 amide bonds. The molecule has 1 aliphatic rings. The molecule has 5 rings (SSSR count). The summed E-state index contributed by atoms with van der Waals surface area (Å²) in [5, 5.41) is 1.62. The van der Waals surface area contributed by atoms with Crippen molar-refractivity contribution in [1.29, 1.82) is 0 Å². The summed E-state index contributed by atoms with van der Waals surface area (Å²) in [4.78, 5) is 17.3. The van der Waals surface area contributed by atoms with E-state index in [1.807, 2.05) is 36.5 Å². The molecular formula is C26H28ClN5S. The Kier molecular flexibility index (Phi) is 6.85. The number of nitrogens with zero attached hydrogens (tertiary/aromatic N) is 4. The van der Waals surface area contributed by atoms with Crippen molar-refractivity contribution < 1.29 is 0 Å². The van der Waals surface area contributed by atoms with E-state index in [1.165, 1.54) is 11.1 Å². The van der Waals surface area contributed by atoms with E-state index in [2.05, 4.69) is 56.1 Å². The molecule has 0 radical (unpaired) electrons. The normalized spacial score (nSPS) is 13.9. The van der Waals surface area contributed by atoms with E-state index in [4.69, 9.17) is 11.6 Å². The lowest BCUT2D eigenvalue weighted by Gasteiger charge is -2.29. The minimum Gasteiger partial charge on any atom is -0.373 e. The maximum absolute atomic E-state index is 6.77. The van der Waals surface area contributed by atoms with E-state index < -0.39 is 0 Å². The van der Waals surface area contributed by atoms with Gasteiger partial charge in [-0.2, -0.15) is 0 Å². The molecule has 0 fully saturated rings. The average Bonchev–Trinajstić information content (AvgIpc) is 3.26. The van der Waals surface area contributed by atoms with Crippen molar-refractivity contribution in [1.82, 2.24) is 19.9 Å². The zero-order valence-electron chi connectivity index (χ0n) is 18.8. The summed E-state index contributed by atoms with van der Waals surface area (Å²) in [6.07, 6.45) is 4.10. The summed E-state index contributed by atoms with van der Waals surface area (Å²) in [6.45, 7) is 4.24. The molecule has 1 N–H and O–H groups in total. The highest BCUT2D eigenvalue weighted by Crippen LogP contribution is 2.31. The summed E-state index contributed by atoms with van der Waals surface area (Å²) in [5.41, 5.74) is 6.92. The number of hydrogen-bond donors (Lipinski definition) is 1. The van der Waals surface area contributed by atoms with Gasteiger partial charge in [0, 0.05) is 45.2 Å². The molecule has 0 saturated carbocycles. The van der Waals surface area contributed by atoms with E-state index in [9.17, 15) is 0 Å². The van der Waals surface area contributed by atoms with Gasteiger partial charge in [0.05, 0.1) is 27.4 Å². The third-order valence-corrected chi connectivity index (χ3v) is 7.54. The number of aromatic amines is 1. The van der Waals surface area contributed by atoms with Crippen LogP contribution in [0.4, 0.5) is 5.69 Å². The van der Waals surface area contributed by atoms with Gasteiger partial charge in [0.25, 0.3) is 0 Å². The number of fused-ring (bicyclic) bond motifs is 2. The van der Waals surface area contributed by atoms with Gasteiger partial charge in [0.15, 0.2) is 5.16 Å². The molecule has 0 atom stereocenters. The second-order valence-electron chi connectivity index (χ2n) is 8.51. The molecule has 7 heteroatoms. The Morgan fingerprint density at radius 3 is 2.79 bits per heavy atom.